The zero-order valence-electron chi connectivity index (χ0n) is 16.6. The third kappa shape index (κ3) is 4.32. The van der Waals surface area contributed by atoms with Gasteiger partial charge in [-0.15, -0.1) is 0 Å². The van der Waals surface area contributed by atoms with Gasteiger partial charge in [0.15, 0.2) is 0 Å². The fourth-order valence-corrected chi connectivity index (χ4v) is 4.98. The highest BCUT2D eigenvalue weighted by Gasteiger charge is 2.55. The molecule has 0 aromatic heterocycles. The third-order valence-corrected chi connectivity index (χ3v) is 7.22. The Morgan fingerprint density at radius 2 is 1.86 bits per heavy atom. The number of imide groups is 1. The SMILES string of the molecule is CC1CCCCC12NC(=O)N(CC(=O)N1CCN(CCS(C)(=O)=O)CC1)C2=O. The first-order valence-corrected chi connectivity index (χ1v) is 12.0. The van der Waals surface area contributed by atoms with Crippen molar-refractivity contribution in [3.05, 3.63) is 0 Å². The number of piperazine rings is 1. The van der Waals surface area contributed by atoms with Crippen LogP contribution in [0.15, 0.2) is 0 Å². The molecule has 2 saturated heterocycles. The lowest BCUT2D eigenvalue weighted by atomic mass is 9.73. The van der Waals surface area contributed by atoms with Crippen LogP contribution in [-0.4, -0.2) is 97.8 Å². The highest BCUT2D eigenvalue weighted by atomic mass is 32.2. The van der Waals surface area contributed by atoms with Crippen molar-refractivity contribution in [2.75, 3.05) is 51.3 Å². The van der Waals surface area contributed by atoms with Crippen molar-refractivity contribution in [1.82, 2.24) is 20.0 Å². The number of urea groups is 1. The Hall–Kier alpha value is -1.68. The summed E-state index contributed by atoms with van der Waals surface area (Å²) in [6.07, 6.45) is 4.68. The van der Waals surface area contributed by atoms with Crippen LogP contribution in [0.5, 0.6) is 0 Å². The zero-order valence-corrected chi connectivity index (χ0v) is 17.5. The van der Waals surface area contributed by atoms with Gasteiger partial charge >= 0.3 is 6.03 Å². The van der Waals surface area contributed by atoms with Gasteiger partial charge in [0.1, 0.15) is 21.9 Å². The van der Waals surface area contributed by atoms with E-state index in [1.807, 2.05) is 11.8 Å². The van der Waals surface area contributed by atoms with Gasteiger partial charge in [-0.05, 0) is 18.8 Å². The predicted molar refractivity (Wildman–Crippen MR) is 103 cm³/mol. The second-order valence-electron chi connectivity index (χ2n) is 8.29. The summed E-state index contributed by atoms with van der Waals surface area (Å²) in [5, 5.41) is 2.87. The summed E-state index contributed by atoms with van der Waals surface area (Å²) in [7, 11) is -3.01. The van der Waals surface area contributed by atoms with Crippen molar-refractivity contribution in [2.45, 2.75) is 38.1 Å². The molecule has 2 aliphatic heterocycles. The molecule has 3 fully saturated rings. The Bertz CT molecular complexity index is 747. The number of rotatable bonds is 5. The van der Waals surface area contributed by atoms with Crippen molar-refractivity contribution >= 4 is 27.7 Å². The Labute approximate surface area is 166 Å². The highest BCUT2D eigenvalue weighted by molar-refractivity contribution is 7.90. The maximum atomic E-state index is 13.0. The van der Waals surface area contributed by atoms with Gasteiger partial charge in [-0.3, -0.25) is 19.4 Å². The quantitative estimate of drug-likeness (QED) is 0.618. The molecule has 2 heterocycles. The van der Waals surface area contributed by atoms with E-state index in [0.717, 1.165) is 24.2 Å². The van der Waals surface area contributed by atoms with Crippen molar-refractivity contribution in [1.29, 1.82) is 0 Å². The van der Waals surface area contributed by atoms with Crippen LogP contribution < -0.4 is 5.32 Å². The van der Waals surface area contributed by atoms with Gasteiger partial charge in [0, 0.05) is 39.0 Å². The molecule has 0 radical (unpaired) electrons. The molecule has 158 valence electrons. The van der Waals surface area contributed by atoms with Crippen LogP contribution in [0.4, 0.5) is 4.79 Å². The fourth-order valence-electron chi connectivity index (χ4n) is 4.39. The van der Waals surface area contributed by atoms with E-state index in [9.17, 15) is 22.8 Å². The second-order valence-corrected chi connectivity index (χ2v) is 10.6. The minimum Gasteiger partial charge on any atom is -0.339 e. The number of carbonyl (C=O) groups excluding carboxylic acids is 3. The largest absolute Gasteiger partial charge is 0.339 e. The Morgan fingerprint density at radius 1 is 1.18 bits per heavy atom. The molecule has 1 spiro atoms. The standard InChI is InChI=1S/C18H30N4O5S/c1-14-5-3-4-6-18(14)16(24)22(17(25)19-18)13-15(23)21-9-7-20(8-10-21)11-12-28(2,26)27/h14H,3-13H2,1-2H3,(H,19,25). The van der Waals surface area contributed by atoms with E-state index >= 15 is 0 Å². The lowest BCUT2D eigenvalue weighted by molar-refractivity contribution is -0.141. The van der Waals surface area contributed by atoms with Crippen LogP contribution in [0, 0.1) is 5.92 Å². The first-order valence-electron chi connectivity index (χ1n) is 9.94. The lowest BCUT2D eigenvalue weighted by Crippen LogP contribution is -2.55. The number of hydrogen-bond donors (Lipinski definition) is 1. The predicted octanol–water partition coefficient (Wildman–Crippen LogP) is -0.324. The topological polar surface area (TPSA) is 107 Å². The lowest BCUT2D eigenvalue weighted by Gasteiger charge is -2.37. The van der Waals surface area contributed by atoms with Gasteiger partial charge in [0.2, 0.25) is 5.91 Å². The van der Waals surface area contributed by atoms with Gasteiger partial charge in [-0.2, -0.15) is 0 Å². The molecule has 9 nitrogen and oxygen atoms in total. The Kier molecular flexibility index (Phi) is 6.00. The van der Waals surface area contributed by atoms with Crippen LogP contribution in [-0.2, 0) is 19.4 Å². The van der Waals surface area contributed by atoms with Gasteiger partial charge in [0.05, 0.1) is 5.75 Å². The summed E-state index contributed by atoms with van der Waals surface area (Å²) in [6.45, 7) is 4.31. The number of nitrogens with zero attached hydrogens (tertiary/aromatic N) is 3. The van der Waals surface area contributed by atoms with Crippen molar-refractivity contribution in [3.8, 4) is 0 Å². The van der Waals surface area contributed by atoms with E-state index in [1.165, 1.54) is 6.26 Å². The molecule has 2 atom stereocenters. The summed E-state index contributed by atoms with van der Waals surface area (Å²) in [6, 6.07) is -0.473. The van der Waals surface area contributed by atoms with Gasteiger partial charge in [-0.1, -0.05) is 19.8 Å². The van der Waals surface area contributed by atoms with Crippen molar-refractivity contribution < 1.29 is 22.8 Å². The molecule has 28 heavy (non-hydrogen) atoms. The number of hydrogen-bond acceptors (Lipinski definition) is 6. The van der Waals surface area contributed by atoms with Crippen molar-refractivity contribution in [3.63, 3.8) is 0 Å². The summed E-state index contributed by atoms with van der Waals surface area (Å²) >= 11 is 0. The first-order chi connectivity index (χ1) is 13.1. The molecular weight excluding hydrogens is 384 g/mol. The molecule has 10 heteroatoms. The van der Waals surface area contributed by atoms with Crippen molar-refractivity contribution in [2.24, 2.45) is 5.92 Å². The van der Waals surface area contributed by atoms with E-state index < -0.39 is 21.4 Å². The minimum atomic E-state index is -3.01. The van der Waals surface area contributed by atoms with E-state index in [4.69, 9.17) is 0 Å². The second kappa shape index (κ2) is 7.98. The molecule has 2 unspecified atom stereocenters. The van der Waals surface area contributed by atoms with Crippen LogP contribution in [0.1, 0.15) is 32.6 Å². The number of carbonyl (C=O) groups is 3. The monoisotopic (exact) mass is 414 g/mol. The van der Waals surface area contributed by atoms with E-state index in [1.54, 1.807) is 4.90 Å². The Morgan fingerprint density at radius 3 is 2.46 bits per heavy atom. The summed E-state index contributed by atoms with van der Waals surface area (Å²) < 4.78 is 22.6. The molecule has 1 N–H and O–H groups in total. The van der Waals surface area contributed by atoms with Gasteiger partial charge in [-0.25, -0.2) is 13.2 Å². The maximum absolute atomic E-state index is 13.0. The smallest absolute Gasteiger partial charge is 0.325 e. The average molecular weight is 415 g/mol. The van der Waals surface area contributed by atoms with Crippen LogP contribution >= 0.6 is 0 Å². The molecule has 3 rings (SSSR count). The van der Waals surface area contributed by atoms with Crippen LogP contribution in [0.3, 0.4) is 0 Å². The molecule has 0 aromatic carbocycles. The zero-order chi connectivity index (χ0) is 20.5. The first kappa shape index (κ1) is 21.0. The number of sulfone groups is 1. The molecular formula is C18H30N4O5S. The van der Waals surface area contributed by atoms with E-state index in [2.05, 4.69) is 5.32 Å². The van der Waals surface area contributed by atoms with E-state index in [0.29, 0.717) is 39.1 Å². The molecule has 4 amide bonds. The Balaban J connectivity index is 1.54. The summed E-state index contributed by atoms with van der Waals surface area (Å²) in [4.78, 5) is 42.8. The molecule has 1 saturated carbocycles. The maximum Gasteiger partial charge on any atom is 0.325 e. The number of amides is 4. The molecule has 0 bridgehead atoms. The normalized spacial score (nSPS) is 29.4. The minimum absolute atomic E-state index is 0.0659. The third-order valence-electron chi connectivity index (χ3n) is 6.30. The average Bonchev–Trinajstić information content (AvgIpc) is 2.87. The molecule has 3 aliphatic rings. The van der Waals surface area contributed by atoms with Gasteiger partial charge < -0.3 is 10.2 Å². The van der Waals surface area contributed by atoms with E-state index in [-0.39, 0.29) is 30.0 Å². The molecule has 0 aromatic rings. The molecule has 1 aliphatic carbocycles. The van der Waals surface area contributed by atoms with Gasteiger partial charge in [0.25, 0.3) is 5.91 Å². The summed E-state index contributed by atoms with van der Waals surface area (Å²) in [5.41, 5.74) is -0.847. The number of nitrogens with one attached hydrogen (secondary N) is 1. The van der Waals surface area contributed by atoms with Crippen LogP contribution in [0.25, 0.3) is 0 Å². The highest BCUT2D eigenvalue weighted by Crippen LogP contribution is 2.38. The fraction of sp³-hybridized carbons (Fsp3) is 0.833. The summed E-state index contributed by atoms with van der Waals surface area (Å²) in [5.74, 6) is -0.350. The van der Waals surface area contributed by atoms with Crippen LogP contribution in [0.2, 0.25) is 0 Å².